The average Bonchev–Trinajstić information content (AvgIpc) is 2.42. The third-order valence-electron chi connectivity index (χ3n) is 2.35. The summed E-state index contributed by atoms with van der Waals surface area (Å²) in [5, 5.41) is 8.34. The Bertz CT molecular complexity index is 149. The molecule has 48 valence electrons. The summed E-state index contributed by atoms with van der Waals surface area (Å²) >= 11 is 0. The van der Waals surface area contributed by atoms with Crippen LogP contribution in [0.5, 0.6) is 0 Å². The molecule has 1 saturated carbocycles. The third kappa shape index (κ3) is 0.818. The first-order valence-electron chi connectivity index (χ1n) is 3.49. The summed E-state index contributed by atoms with van der Waals surface area (Å²) in [6.07, 6.45) is 1.43. The molecule has 0 spiro atoms. The number of hydrogen-bond acceptors (Lipinski definition) is 2. The van der Waals surface area contributed by atoms with Crippen molar-refractivity contribution in [2.24, 2.45) is 11.8 Å². The highest BCUT2D eigenvalue weighted by atomic mass is 15.2. The van der Waals surface area contributed by atoms with E-state index in [1.807, 2.05) is 0 Å². The van der Waals surface area contributed by atoms with Crippen molar-refractivity contribution in [1.29, 1.82) is 5.26 Å². The van der Waals surface area contributed by atoms with Gasteiger partial charge in [-0.25, -0.2) is 0 Å². The first-order chi connectivity index (χ1) is 4.40. The lowest BCUT2D eigenvalue weighted by Gasteiger charge is -2.10. The fourth-order valence-electron chi connectivity index (χ4n) is 1.72. The van der Waals surface area contributed by atoms with Crippen LogP contribution in [0.3, 0.4) is 0 Å². The Morgan fingerprint density at radius 1 is 1.44 bits per heavy atom. The van der Waals surface area contributed by atoms with E-state index in [1.54, 1.807) is 0 Å². The highest BCUT2D eigenvalue weighted by molar-refractivity contribution is 4.98. The van der Waals surface area contributed by atoms with E-state index in [0.29, 0.717) is 6.54 Å². The summed E-state index contributed by atoms with van der Waals surface area (Å²) < 4.78 is 0. The van der Waals surface area contributed by atoms with Gasteiger partial charge in [-0.05, 0) is 18.3 Å². The van der Waals surface area contributed by atoms with Gasteiger partial charge in [0.1, 0.15) is 0 Å². The highest BCUT2D eigenvalue weighted by Gasteiger charge is 2.44. The summed E-state index contributed by atoms with van der Waals surface area (Å²) in [5.74, 6) is 1.94. The van der Waals surface area contributed by atoms with Gasteiger partial charge in [0.05, 0.1) is 12.6 Å². The zero-order chi connectivity index (χ0) is 6.27. The van der Waals surface area contributed by atoms with Gasteiger partial charge >= 0.3 is 0 Å². The van der Waals surface area contributed by atoms with Crippen LogP contribution in [0.15, 0.2) is 0 Å². The number of fused-ring (bicyclic) bond motifs is 1. The fraction of sp³-hybridized carbons (Fsp3) is 0.857. The van der Waals surface area contributed by atoms with Gasteiger partial charge in [0.2, 0.25) is 0 Å². The van der Waals surface area contributed by atoms with Crippen molar-refractivity contribution < 1.29 is 0 Å². The molecule has 0 aromatic heterocycles. The number of likely N-dealkylation sites (tertiary alicyclic amines) is 1. The van der Waals surface area contributed by atoms with Crippen LogP contribution in [0.4, 0.5) is 0 Å². The molecule has 2 atom stereocenters. The molecule has 0 N–H and O–H groups in total. The molecule has 1 aliphatic carbocycles. The minimum absolute atomic E-state index is 0.646. The number of nitrogens with zero attached hydrogens (tertiary/aromatic N) is 2. The summed E-state index contributed by atoms with van der Waals surface area (Å²) in [6, 6.07) is 2.18. The summed E-state index contributed by atoms with van der Waals surface area (Å²) in [5.41, 5.74) is 0. The number of rotatable bonds is 1. The maximum atomic E-state index is 8.34. The van der Waals surface area contributed by atoms with E-state index in [0.717, 1.165) is 11.8 Å². The molecule has 2 fully saturated rings. The molecule has 2 heteroatoms. The van der Waals surface area contributed by atoms with Gasteiger partial charge in [-0.2, -0.15) is 5.26 Å². The fourth-order valence-corrected chi connectivity index (χ4v) is 1.72. The zero-order valence-corrected chi connectivity index (χ0v) is 5.38. The second kappa shape index (κ2) is 1.71. The van der Waals surface area contributed by atoms with Crippen molar-refractivity contribution in [2.75, 3.05) is 19.6 Å². The topological polar surface area (TPSA) is 27.0 Å². The quantitative estimate of drug-likeness (QED) is 0.472. The summed E-state index contributed by atoms with van der Waals surface area (Å²) in [6.45, 7) is 3.03. The molecule has 1 aliphatic heterocycles. The van der Waals surface area contributed by atoms with Crippen molar-refractivity contribution in [2.45, 2.75) is 6.42 Å². The van der Waals surface area contributed by atoms with Crippen LogP contribution in [0.1, 0.15) is 6.42 Å². The van der Waals surface area contributed by atoms with Gasteiger partial charge in [0.25, 0.3) is 0 Å². The molecule has 0 radical (unpaired) electrons. The molecule has 0 amide bonds. The van der Waals surface area contributed by atoms with Crippen molar-refractivity contribution in [3.8, 4) is 6.07 Å². The van der Waals surface area contributed by atoms with E-state index in [-0.39, 0.29) is 0 Å². The van der Waals surface area contributed by atoms with Crippen molar-refractivity contribution in [1.82, 2.24) is 4.90 Å². The average molecular weight is 122 g/mol. The standard InChI is InChI=1S/C7H10N2/c8-1-2-9-4-6-3-7(6)5-9/h6-7H,2-5H2. The molecule has 1 saturated heterocycles. The monoisotopic (exact) mass is 122 g/mol. The predicted octanol–water partition coefficient (Wildman–Crippen LogP) is 0.462. The smallest absolute Gasteiger partial charge is 0.0866 e. The SMILES string of the molecule is N#CCN1CC2CC2C1. The molecule has 2 unspecified atom stereocenters. The molecule has 2 nitrogen and oxygen atoms in total. The Kier molecular flexibility index (Phi) is 1.000. The Morgan fingerprint density at radius 2 is 2.11 bits per heavy atom. The van der Waals surface area contributed by atoms with Crippen LogP contribution in [0.2, 0.25) is 0 Å². The molecule has 2 rings (SSSR count). The van der Waals surface area contributed by atoms with Crippen molar-refractivity contribution in [3.63, 3.8) is 0 Å². The number of hydrogen-bond donors (Lipinski definition) is 0. The maximum Gasteiger partial charge on any atom is 0.0866 e. The lowest BCUT2D eigenvalue weighted by atomic mass is 10.4. The zero-order valence-electron chi connectivity index (χ0n) is 5.38. The second-order valence-electron chi connectivity index (χ2n) is 3.11. The molecular formula is C7H10N2. The van der Waals surface area contributed by atoms with E-state index >= 15 is 0 Å². The van der Waals surface area contributed by atoms with Crippen LogP contribution in [0, 0.1) is 23.2 Å². The molecule has 0 aromatic rings. The number of piperidine rings is 1. The summed E-state index contributed by atoms with van der Waals surface area (Å²) in [4.78, 5) is 2.25. The van der Waals surface area contributed by atoms with Crippen LogP contribution in [-0.2, 0) is 0 Å². The Morgan fingerprint density at radius 3 is 2.67 bits per heavy atom. The lowest BCUT2D eigenvalue weighted by molar-refractivity contribution is 0.341. The Hall–Kier alpha value is -0.550. The molecule has 0 aromatic carbocycles. The van der Waals surface area contributed by atoms with E-state index < -0.39 is 0 Å². The Balaban J connectivity index is 1.85. The normalized spacial score (nSPS) is 39.9. The largest absolute Gasteiger partial charge is 0.290 e. The van der Waals surface area contributed by atoms with E-state index in [1.165, 1.54) is 19.5 Å². The van der Waals surface area contributed by atoms with Gasteiger partial charge in [0.15, 0.2) is 0 Å². The van der Waals surface area contributed by atoms with E-state index in [9.17, 15) is 0 Å². The van der Waals surface area contributed by atoms with Crippen molar-refractivity contribution in [3.05, 3.63) is 0 Å². The first-order valence-corrected chi connectivity index (χ1v) is 3.49. The van der Waals surface area contributed by atoms with Gasteiger partial charge in [-0.3, -0.25) is 4.90 Å². The van der Waals surface area contributed by atoms with Gasteiger partial charge in [0, 0.05) is 13.1 Å². The maximum absolute atomic E-state index is 8.34. The van der Waals surface area contributed by atoms with Crippen LogP contribution >= 0.6 is 0 Å². The van der Waals surface area contributed by atoms with Crippen molar-refractivity contribution >= 4 is 0 Å². The third-order valence-corrected chi connectivity index (χ3v) is 2.35. The van der Waals surface area contributed by atoms with Gasteiger partial charge < -0.3 is 0 Å². The molecular weight excluding hydrogens is 112 g/mol. The van der Waals surface area contributed by atoms with Gasteiger partial charge in [-0.15, -0.1) is 0 Å². The highest BCUT2D eigenvalue weighted by Crippen LogP contribution is 2.44. The first kappa shape index (κ1) is 5.25. The molecule has 0 bridgehead atoms. The van der Waals surface area contributed by atoms with Gasteiger partial charge in [-0.1, -0.05) is 0 Å². The minimum Gasteiger partial charge on any atom is -0.290 e. The molecule has 2 aliphatic rings. The van der Waals surface area contributed by atoms with Crippen LogP contribution in [-0.4, -0.2) is 24.5 Å². The lowest BCUT2D eigenvalue weighted by Crippen LogP contribution is -2.22. The van der Waals surface area contributed by atoms with E-state index in [4.69, 9.17) is 5.26 Å². The summed E-state index contributed by atoms with van der Waals surface area (Å²) in [7, 11) is 0. The van der Waals surface area contributed by atoms with Crippen LogP contribution < -0.4 is 0 Å². The van der Waals surface area contributed by atoms with E-state index in [2.05, 4.69) is 11.0 Å². The number of nitriles is 1. The molecule has 1 heterocycles. The minimum atomic E-state index is 0.646. The Labute approximate surface area is 55.1 Å². The van der Waals surface area contributed by atoms with Crippen LogP contribution in [0.25, 0.3) is 0 Å². The second-order valence-corrected chi connectivity index (χ2v) is 3.11. The predicted molar refractivity (Wildman–Crippen MR) is 33.6 cm³/mol. The molecule has 9 heavy (non-hydrogen) atoms.